The molecule has 0 aromatic heterocycles. The molecule has 1 saturated carbocycles. The summed E-state index contributed by atoms with van der Waals surface area (Å²) >= 11 is 0. The Morgan fingerprint density at radius 3 is 2.35 bits per heavy atom. The van der Waals surface area contributed by atoms with Gasteiger partial charge in [0, 0.05) is 6.04 Å². The van der Waals surface area contributed by atoms with Crippen molar-refractivity contribution in [1.82, 2.24) is 4.72 Å². The fourth-order valence-corrected chi connectivity index (χ4v) is 3.70. The minimum absolute atomic E-state index is 0.145. The van der Waals surface area contributed by atoms with Crippen molar-refractivity contribution in [3.05, 3.63) is 35.9 Å². The van der Waals surface area contributed by atoms with Crippen LogP contribution in [-0.4, -0.2) is 14.5 Å². The third kappa shape index (κ3) is 3.07. The zero-order chi connectivity index (χ0) is 12.3. The van der Waals surface area contributed by atoms with Gasteiger partial charge in [-0.2, -0.15) is 0 Å². The first kappa shape index (κ1) is 12.6. The van der Waals surface area contributed by atoms with Crippen LogP contribution >= 0.6 is 0 Å². The number of hydrogen-bond acceptors (Lipinski definition) is 2. The largest absolute Gasteiger partial charge is 0.218 e. The van der Waals surface area contributed by atoms with Crippen LogP contribution in [0.1, 0.15) is 43.4 Å². The Labute approximate surface area is 103 Å². The van der Waals surface area contributed by atoms with Crippen molar-refractivity contribution in [2.75, 3.05) is 0 Å². The molecule has 2 rings (SSSR count). The molecule has 0 radical (unpaired) electrons. The zero-order valence-electron chi connectivity index (χ0n) is 10.1. The summed E-state index contributed by atoms with van der Waals surface area (Å²) in [5, 5.41) is -0.482. The van der Waals surface area contributed by atoms with Crippen molar-refractivity contribution >= 4 is 10.0 Å². The molecule has 1 atom stereocenters. The number of sulfonamides is 1. The molecule has 0 unspecified atom stereocenters. The van der Waals surface area contributed by atoms with E-state index in [1.165, 1.54) is 0 Å². The smallest absolute Gasteiger partial charge is 0.212 e. The lowest BCUT2D eigenvalue weighted by molar-refractivity contribution is 0.543. The van der Waals surface area contributed by atoms with E-state index in [0.717, 1.165) is 31.2 Å². The lowest BCUT2D eigenvalue weighted by Crippen LogP contribution is -2.35. The molecule has 0 bridgehead atoms. The van der Waals surface area contributed by atoms with E-state index in [4.69, 9.17) is 0 Å². The van der Waals surface area contributed by atoms with Crippen molar-refractivity contribution in [3.8, 4) is 0 Å². The maximum atomic E-state index is 12.2. The highest BCUT2D eigenvalue weighted by molar-refractivity contribution is 7.89. The molecule has 0 spiro atoms. The SMILES string of the molecule is C[C@@H](c1ccccc1)S(=O)(=O)NC1CCCC1. The fraction of sp³-hybridized carbons (Fsp3) is 0.538. The standard InChI is InChI=1S/C13H19NO2S/c1-11(12-7-3-2-4-8-12)17(15,16)14-13-9-5-6-10-13/h2-4,7-8,11,13-14H,5-6,9-10H2,1H3/t11-/m0/s1. The van der Waals surface area contributed by atoms with Crippen LogP contribution in [0.2, 0.25) is 0 Å². The monoisotopic (exact) mass is 253 g/mol. The molecule has 0 aliphatic heterocycles. The number of hydrogen-bond donors (Lipinski definition) is 1. The number of rotatable bonds is 4. The quantitative estimate of drug-likeness (QED) is 0.896. The average molecular weight is 253 g/mol. The van der Waals surface area contributed by atoms with E-state index in [2.05, 4.69) is 4.72 Å². The molecule has 0 amide bonds. The normalized spacial score (nSPS) is 19.4. The predicted octanol–water partition coefficient (Wildman–Crippen LogP) is 2.61. The van der Waals surface area contributed by atoms with Gasteiger partial charge in [0.2, 0.25) is 10.0 Å². The number of nitrogens with one attached hydrogen (secondary N) is 1. The van der Waals surface area contributed by atoms with Gasteiger partial charge in [-0.05, 0) is 25.3 Å². The Balaban J connectivity index is 2.09. The molecule has 1 aliphatic rings. The van der Waals surface area contributed by atoms with Gasteiger partial charge in [-0.25, -0.2) is 13.1 Å². The van der Waals surface area contributed by atoms with Gasteiger partial charge in [0.25, 0.3) is 0 Å². The van der Waals surface area contributed by atoms with Gasteiger partial charge in [-0.15, -0.1) is 0 Å². The van der Waals surface area contributed by atoms with E-state index >= 15 is 0 Å². The Morgan fingerprint density at radius 2 is 1.76 bits per heavy atom. The van der Waals surface area contributed by atoms with E-state index < -0.39 is 15.3 Å². The molecule has 1 fully saturated rings. The van der Waals surface area contributed by atoms with Crippen LogP contribution in [0.5, 0.6) is 0 Å². The summed E-state index contributed by atoms with van der Waals surface area (Å²) in [6.07, 6.45) is 4.21. The average Bonchev–Trinajstić information content (AvgIpc) is 2.81. The van der Waals surface area contributed by atoms with Crippen LogP contribution in [0.4, 0.5) is 0 Å². The topological polar surface area (TPSA) is 46.2 Å². The van der Waals surface area contributed by atoms with Crippen LogP contribution in [0, 0.1) is 0 Å². The highest BCUT2D eigenvalue weighted by Gasteiger charge is 2.27. The lowest BCUT2D eigenvalue weighted by atomic mass is 10.2. The molecule has 1 aliphatic carbocycles. The minimum atomic E-state index is -3.25. The van der Waals surface area contributed by atoms with Crippen LogP contribution < -0.4 is 4.72 Å². The fourth-order valence-electron chi connectivity index (χ4n) is 2.28. The predicted molar refractivity (Wildman–Crippen MR) is 69.2 cm³/mol. The lowest BCUT2D eigenvalue weighted by Gasteiger charge is -2.18. The molecule has 17 heavy (non-hydrogen) atoms. The van der Waals surface area contributed by atoms with Crippen molar-refractivity contribution in [3.63, 3.8) is 0 Å². The maximum Gasteiger partial charge on any atom is 0.218 e. The highest BCUT2D eigenvalue weighted by Crippen LogP contribution is 2.24. The van der Waals surface area contributed by atoms with E-state index in [1.54, 1.807) is 6.92 Å². The van der Waals surface area contributed by atoms with Gasteiger partial charge in [-0.1, -0.05) is 43.2 Å². The van der Waals surface area contributed by atoms with Crippen LogP contribution in [0.25, 0.3) is 0 Å². The highest BCUT2D eigenvalue weighted by atomic mass is 32.2. The van der Waals surface area contributed by atoms with Gasteiger partial charge < -0.3 is 0 Å². The summed E-state index contributed by atoms with van der Waals surface area (Å²) in [5.41, 5.74) is 0.845. The molecule has 1 N–H and O–H groups in total. The second-order valence-electron chi connectivity index (χ2n) is 4.70. The van der Waals surface area contributed by atoms with Crippen molar-refractivity contribution in [1.29, 1.82) is 0 Å². The second kappa shape index (κ2) is 5.19. The summed E-state index contributed by atoms with van der Waals surface area (Å²) in [7, 11) is -3.25. The Hall–Kier alpha value is -0.870. The van der Waals surface area contributed by atoms with Crippen molar-refractivity contribution in [2.45, 2.75) is 43.9 Å². The molecule has 94 valence electrons. The summed E-state index contributed by atoms with van der Waals surface area (Å²) < 4.78 is 27.2. The first-order valence-corrected chi connectivity index (χ1v) is 7.70. The van der Waals surface area contributed by atoms with Gasteiger partial charge in [0.15, 0.2) is 0 Å². The van der Waals surface area contributed by atoms with Crippen LogP contribution in [0.15, 0.2) is 30.3 Å². The Bertz CT molecular complexity index is 450. The molecule has 1 aromatic carbocycles. The minimum Gasteiger partial charge on any atom is -0.212 e. The molecule has 1 aromatic rings. The van der Waals surface area contributed by atoms with Gasteiger partial charge in [0.05, 0.1) is 5.25 Å². The molecule has 4 heteroatoms. The molecular weight excluding hydrogens is 234 g/mol. The third-order valence-electron chi connectivity index (χ3n) is 3.42. The second-order valence-corrected chi connectivity index (χ2v) is 6.73. The van der Waals surface area contributed by atoms with E-state index in [9.17, 15) is 8.42 Å². The zero-order valence-corrected chi connectivity index (χ0v) is 10.9. The van der Waals surface area contributed by atoms with Crippen molar-refractivity contribution < 1.29 is 8.42 Å². The van der Waals surface area contributed by atoms with E-state index in [1.807, 2.05) is 30.3 Å². The number of benzene rings is 1. The molecule has 3 nitrogen and oxygen atoms in total. The summed E-state index contributed by atoms with van der Waals surface area (Å²) in [6.45, 7) is 1.74. The van der Waals surface area contributed by atoms with Gasteiger partial charge in [-0.3, -0.25) is 0 Å². The first-order chi connectivity index (χ1) is 8.09. The van der Waals surface area contributed by atoms with E-state index in [-0.39, 0.29) is 6.04 Å². The van der Waals surface area contributed by atoms with Crippen molar-refractivity contribution in [2.24, 2.45) is 0 Å². The molecular formula is C13H19NO2S. The molecule has 0 saturated heterocycles. The maximum absolute atomic E-state index is 12.2. The van der Waals surface area contributed by atoms with Gasteiger partial charge >= 0.3 is 0 Å². The summed E-state index contributed by atoms with van der Waals surface area (Å²) in [6, 6.07) is 9.50. The van der Waals surface area contributed by atoms with Gasteiger partial charge in [0.1, 0.15) is 0 Å². The van der Waals surface area contributed by atoms with Crippen LogP contribution in [0.3, 0.4) is 0 Å². The Kier molecular flexibility index (Phi) is 3.84. The first-order valence-electron chi connectivity index (χ1n) is 6.16. The Morgan fingerprint density at radius 1 is 1.18 bits per heavy atom. The summed E-state index contributed by atoms with van der Waals surface area (Å²) in [4.78, 5) is 0. The summed E-state index contributed by atoms with van der Waals surface area (Å²) in [5.74, 6) is 0. The van der Waals surface area contributed by atoms with E-state index in [0.29, 0.717) is 0 Å². The molecule has 0 heterocycles. The third-order valence-corrected chi connectivity index (χ3v) is 5.29. The van der Waals surface area contributed by atoms with Crippen LogP contribution in [-0.2, 0) is 10.0 Å².